The first-order valence-corrected chi connectivity index (χ1v) is 7.85. The average Bonchev–Trinajstić information content (AvgIpc) is 2.40. The van der Waals surface area contributed by atoms with Gasteiger partial charge < -0.3 is 10.4 Å². The molecule has 20 heavy (non-hydrogen) atoms. The van der Waals surface area contributed by atoms with Crippen LogP contribution in [0.3, 0.4) is 0 Å². The molecule has 0 saturated heterocycles. The number of hydrogen-bond acceptors (Lipinski definition) is 2. The molecule has 0 heterocycles. The van der Waals surface area contributed by atoms with Gasteiger partial charge in [-0.25, -0.2) is 0 Å². The summed E-state index contributed by atoms with van der Waals surface area (Å²) in [6.07, 6.45) is 3.49. The summed E-state index contributed by atoms with van der Waals surface area (Å²) in [5.74, 6) is -0.135. The van der Waals surface area contributed by atoms with E-state index < -0.39 is 5.60 Å². The number of rotatable bonds is 3. The molecule has 0 bridgehead atoms. The van der Waals surface area contributed by atoms with Crippen LogP contribution < -0.4 is 5.32 Å². The van der Waals surface area contributed by atoms with Crippen LogP contribution in [-0.4, -0.2) is 23.2 Å². The zero-order valence-electron chi connectivity index (χ0n) is 12.1. The van der Waals surface area contributed by atoms with E-state index in [1.807, 2.05) is 12.1 Å². The van der Waals surface area contributed by atoms with Crippen molar-refractivity contribution in [1.82, 2.24) is 5.32 Å². The van der Waals surface area contributed by atoms with E-state index in [4.69, 9.17) is 0 Å². The minimum Gasteiger partial charge on any atom is -0.388 e. The molecule has 2 rings (SSSR count). The van der Waals surface area contributed by atoms with Gasteiger partial charge in [0.1, 0.15) is 0 Å². The summed E-state index contributed by atoms with van der Waals surface area (Å²) < 4.78 is 0.878. The molecular weight excluding hydrogens is 318 g/mol. The van der Waals surface area contributed by atoms with Crippen molar-refractivity contribution >= 4 is 21.8 Å². The van der Waals surface area contributed by atoms with Crippen LogP contribution in [0.4, 0.5) is 0 Å². The van der Waals surface area contributed by atoms with Gasteiger partial charge in [0.05, 0.1) is 5.60 Å². The topological polar surface area (TPSA) is 49.3 Å². The summed E-state index contributed by atoms with van der Waals surface area (Å²) in [7, 11) is 0. The Balaban J connectivity index is 1.90. The van der Waals surface area contributed by atoms with E-state index in [-0.39, 0.29) is 5.91 Å². The molecule has 1 aromatic carbocycles. The van der Waals surface area contributed by atoms with E-state index in [9.17, 15) is 9.90 Å². The van der Waals surface area contributed by atoms with Gasteiger partial charge in [-0.1, -0.05) is 35.8 Å². The lowest BCUT2D eigenvalue weighted by molar-refractivity contribution is -0.0233. The molecule has 4 heteroatoms. The highest BCUT2D eigenvalue weighted by molar-refractivity contribution is 9.10. The van der Waals surface area contributed by atoms with Crippen molar-refractivity contribution in [3.05, 3.63) is 34.3 Å². The lowest BCUT2D eigenvalue weighted by atomic mass is 9.71. The molecule has 1 fully saturated rings. The van der Waals surface area contributed by atoms with Gasteiger partial charge in [0.15, 0.2) is 0 Å². The molecule has 1 aromatic rings. The smallest absolute Gasteiger partial charge is 0.251 e. The first-order chi connectivity index (χ1) is 9.30. The van der Waals surface area contributed by atoms with E-state index >= 15 is 0 Å². The summed E-state index contributed by atoms with van der Waals surface area (Å²) in [6, 6.07) is 7.27. The Morgan fingerprint density at radius 3 is 2.55 bits per heavy atom. The number of hydrogen-bond donors (Lipinski definition) is 2. The van der Waals surface area contributed by atoms with Crippen molar-refractivity contribution < 1.29 is 9.90 Å². The van der Waals surface area contributed by atoms with Gasteiger partial charge in [0.25, 0.3) is 5.91 Å². The van der Waals surface area contributed by atoms with E-state index in [0.717, 1.165) is 30.2 Å². The van der Waals surface area contributed by atoms with Crippen molar-refractivity contribution in [2.45, 2.75) is 45.1 Å². The number of aliphatic hydroxyl groups is 1. The number of amides is 1. The van der Waals surface area contributed by atoms with Gasteiger partial charge in [-0.05, 0) is 49.3 Å². The molecule has 1 saturated carbocycles. The van der Waals surface area contributed by atoms with Gasteiger partial charge in [0.2, 0.25) is 0 Å². The van der Waals surface area contributed by atoms with Crippen molar-refractivity contribution in [3.8, 4) is 0 Å². The second-order valence-corrected chi connectivity index (χ2v) is 7.50. The number of carbonyl (C=O) groups excluding carboxylic acids is 1. The number of halogens is 1. The Labute approximate surface area is 128 Å². The van der Waals surface area contributed by atoms with E-state index in [2.05, 4.69) is 35.1 Å². The Morgan fingerprint density at radius 1 is 1.30 bits per heavy atom. The molecule has 3 nitrogen and oxygen atoms in total. The normalized spacial score (nSPS) is 20.4. The SMILES string of the molecule is CC1(C)CCC(O)(CNC(=O)c2cccc(Br)c2)CC1. The molecular formula is C16H22BrNO2. The predicted octanol–water partition coefficient (Wildman–Crippen LogP) is 3.51. The lowest BCUT2D eigenvalue weighted by Gasteiger charge is -2.40. The number of carbonyl (C=O) groups is 1. The Hall–Kier alpha value is -0.870. The first kappa shape index (κ1) is 15.5. The van der Waals surface area contributed by atoms with E-state index in [0.29, 0.717) is 17.5 Å². The lowest BCUT2D eigenvalue weighted by Crippen LogP contribution is -2.46. The Kier molecular flexibility index (Phi) is 4.55. The van der Waals surface area contributed by atoms with Gasteiger partial charge in [-0.3, -0.25) is 4.79 Å². The maximum Gasteiger partial charge on any atom is 0.251 e. The molecule has 0 unspecified atom stereocenters. The molecule has 0 spiro atoms. The van der Waals surface area contributed by atoms with Crippen LogP contribution in [0, 0.1) is 5.41 Å². The summed E-state index contributed by atoms with van der Waals surface area (Å²) in [6.45, 7) is 4.79. The summed E-state index contributed by atoms with van der Waals surface area (Å²) in [5.41, 5.74) is 0.164. The third kappa shape index (κ3) is 4.06. The Morgan fingerprint density at radius 2 is 1.95 bits per heavy atom. The Bertz CT molecular complexity index is 489. The van der Waals surface area contributed by atoms with Gasteiger partial charge in [-0.2, -0.15) is 0 Å². The summed E-state index contributed by atoms with van der Waals surface area (Å²) in [5, 5.41) is 13.4. The molecule has 110 valence electrons. The minimum atomic E-state index is -0.753. The zero-order valence-corrected chi connectivity index (χ0v) is 13.7. The maximum atomic E-state index is 12.1. The monoisotopic (exact) mass is 339 g/mol. The predicted molar refractivity (Wildman–Crippen MR) is 83.7 cm³/mol. The zero-order chi connectivity index (χ0) is 14.8. The van der Waals surface area contributed by atoms with Gasteiger partial charge in [-0.15, -0.1) is 0 Å². The van der Waals surface area contributed by atoms with Crippen LogP contribution in [0.15, 0.2) is 28.7 Å². The second kappa shape index (κ2) is 5.86. The highest BCUT2D eigenvalue weighted by atomic mass is 79.9. The molecule has 1 amide bonds. The largest absolute Gasteiger partial charge is 0.388 e. The van der Waals surface area contributed by atoms with Gasteiger partial charge in [0, 0.05) is 16.6 Å². The summed E-state index contributed by atoms with van der Waals surface area (Å²) in [4.78, 5) is 12.1. The van der Waals surface area contributed by atoms with Crippen LogP contribution in [-0.2, 0) is 0 Å². The molecule has 0 aliphatic heterocycles. The minimum absolute atomic E-state index is 0.135. The molecule has 1 aliphatic carbocycles. The fourth-order valence-electron chi connectivity index (χ4n) is 2.55. The fraction of sp³-hybridized carbons (Fsp3) is 0.562. The second-order valence-electron chi connectivity index (χ2n) is 6.58. The van der Waals surface area contributed by atoms with Crippen LogP contribution >= 0.6 is 15.9 Å². The number of benzene rings is 1. The van der Waals surface area contributed by atoms with Crippen LogP contribution in [0.5, 0.6) is 0 Å². The molecule has 0 aromatic heterocycles. The first-order valence-electron chi connectivity index (χ1n) is 7.06. The average molecular weight is 340 g/mol. The molecule has 2 N–H and O–H groups in total. The van der Waals surface area contributed by atoms with Crippen molar-refractivity contribution in [2.75, 3.05) is 6.54 Å². The van der Waals surface area contributed by atoms with Crippen LogP contribution in [0.25, 0.3) is 0 Å². The van der Waals surface area contributed by atoms with E-state index in [1.54, 1.807) is 12.1 Å². The van der Waals surface area contributed by atoms with Gasteiger partial charge >= 0.3 is 0 Å². The van der Waals surface area contributed by atoms with Crippen molar-refractivity contribution in [1.29, 1.82) is 0 Å². The third-order valence-electron chi connectivity index (χ3n) is 4.20. The standard InChI is InChI=1S/C16H22BrNO2/c1-15(2)6-8-16(20,9-7-15)11-18-14(19)12-4-3-5-13(17)10-12/h3-5,10,20H,6-9,11H2,1-2H3,(H,18,19). The van der Waals surface area contributed by atoms with Crippen LogP contribution in [0.2, 0.25) is 0 Å². The summed E-state index contributed by atoms with van der Waals surface area (Å²) >= 11 is 3.35. The third-order valence-corrected chi connectivity index (χ3v) is 4.69. The molecule has 1 aliphatic rings. The molecule has 0 atom stereocenters. The van der Waals surface area contributed by atoms with Crippen molar-refractivity contribution in [3.63, 3.8) is 0 Å². The molecule has 0 radical (unpaired) electrons. The van der Waals surface area contributed by atoms with Crippen LogP contribution in [0.1, 0.15) is 49.9 Å². The fourth-order valence-corrected chi connectivity index (χ4v) is 2.94. The number of nitrogens with one attached hydrogen (secondary N) is 1. The quantitative estimate of drug-likeness (QED) is 0.885. The highest BCUT2D eigenvalue weighted by Gasteiger charge is 2.36. The van der Waals surface area contributed by atoms with E-state index in [1.165, 1.54) is 0 Å². The van der Waals surface area contributed by atoms with Crippen molar-refractivity contribution in [2.24, 2.45) is 5.41 Å². The maximum absolute atomic E-state index is 12.1. The highest BCUT2D eigenvalue weighted by Crippen LogP contribution is 2.39.